The van der Waals surface area contributed by atoms with Crippen molar-refractivity contribution in [3.05, 3.63) is 33.3 Å². The molecule has 6 heteroatoms. The van der Waals surface area contributed by atoms with Crippen molar-refractivity contribution in [2.75, 3.05) is 13.7 Å². The third kappa shape index (κ3) is 4.66. The van der Waals surface area contributed by atoms with Crippen molar-refractivity contribution in [3.63, 3.8) is 0 Å². The van der Waals surface area contributed by atoms with Gasteiger partial charge < -0.3 is 10.1 Å². The number of benzene rings is 1. The fraction of sp³-hybridized carbons (Fsp3) is 0.333. The molecule has 1 N–H and O–H groups in total. The number of halogens is 2. The van der Waals surface area contributed by atoms with Crippen LogP contribution in [0.1, 0.15) is 23.2 Å². The lowest BCUT2D eigenvalue weighted by Crippen LogP contribution is -2.24. The first-order chi connectivity index (χ1) is 8.54. The molecule has 0 aliphatic carbocycles. The number of nitrogens with one attached hydrogen (secondary N) is 1. The second kappa shape index (κ2) is 7.38. The van der Waals surface area contributed by atoms with E-state index in [1.54, 1.807) is 18.2 Å². The minimum absolute atomic E-state index is 0.197. The quantitative estimate of drug-likeness (QED) is 0.665. The zero-order valence-electron chi connectivity index (χ0n) is 9.83. The van der Waals surface area contributed by atoms with Gasteiger partial charge in [-0.1, -0.05) is 11.6 Å². The Labute approximate surface area is 119 Å². The van der Waals surface area contributed by atoms with Crippen molar-refractivity contribution in [2.24, 2.45) is 0 Å². The van der Waals surface area contributed by atoms with Crippen LogP contribution in [0.2, 0.25) is 5.02 Å². The van der Waals surface area contributed by atoms with Gasteiger partial charge in [-0.25, -0.2) is 0 Å². The summed E-state index contributed by atoms with van der Waals surface area (Å²) in [5.74, 6) is -0.476. The van der Waals surface area contributed by atoms with Gasteiger partial charge in [-0.05, 0) is 40.5 Å². The van der Waals surface area contributed by atoms with Crippen LogP contribution in [-0.4, -0.2) is 25.5 Å². The molecule has 0 saturated carbocycles. The van der Waals surface area contributed by atoms with Crippen molar-refractivity contribution >= 4 is 39.4 Å². The maximum atomic E-state index is 11.7. The lowest BCUT2D eigenvalue weighted by Gasteiger charge is -2.05. The maximum absolute atomic E-state index is 11.7. The third-order valence-corrected chi connectivity index (χ3v) is 3.47. The highest BCUT2D eigenvalue weighted by Gasteiger charge is 2.07. The van der Waals surface area contributed by atoms with Gasteiger partial charge >= 0.3 is 5.97 Å². The highest BCUT2D eigenvalue weighted by atomic mass is 79.9. The van der Waals surface area contributed by atoms with Crippen molar-refractivity contribution in [2.45, 2.75) is 12.8 Å². The smallest absolute Gasteiger partial charge is 0.305 e. The molecule has 18 heavy (non-hydrogen) atoms. The second-order valence-electron chi connectivity index (χ2n) is 3.56. The molecule has 0 aliphatic heterocycles. The highest BCUT2D eigenvalue weighted by molar-refractivity contribution is 9.10. The van der Waals surface area contributed by atoms with Gasteiger partial charge in [0.05, 0.1) is 12.1 Å². The third-order valence-electron chi connectivity index (χ3n) is 2.25. The van der Waals surface area contributed by atoms with E-state index in [0.717, 1.165) is 0 Å². The van der Waals surface area contributed by atoms with Crippen LogP contribution in [0.4, 0.5) is 0 Å². The average Bonchev–Trinajstić information content (AvgIpc) is 2.37. The molecule has 4 nitrogen and oxygen atoms in total. The van der Waals surface area contributed by atoms with E-state index in [4.69, 9.17) is 11.6 Å². The van der Waals surface area contributed by atoms with Crippen LogP contribution >= 0.6 is 27.5 Å². The van der Waals surface area contributed by atoms with Crippen molar-refractivity contribution < 1.29 is 14.3 Å². The number of esters is 1. The monoisotopic (exact) mass is 333 g/mol. The van der Waals surface area contributed by atoms with E-state index in [1.165, 1.54) is 7.11 Å². The fourth-order valence-corrected chi connectivity index (χ4v) is 1.77. The first-order valence-corrected chi connectivity index (χ1v) is 6.51. The molecule has 0 atom stereocenters. The molecule has 0 saturated heterocycles. The first kappa shape index (κ1) is 15.0. The zero-order valence-corrected chi connectivity index (χ0v) is 12.2. The van der Waals surface area contributed by atoms with Crippen molar-refractivity contribution in [1.29, 1.82) is 0 Å². The van der Waals surface area contributed by atoms with Gasteiger partial charge in [-0.3, -0.25) is 9.59 Å². The number of carbonyl (C=O) groups is 2. The van der Waals surface area contributed by atoms with Gasteiger partial charge in [-0.15, -0.1) is 0 Å². The molecule has 0 aliphatic rings. The number of amides is 1. The number of rotatable bonds is 5. The Bertz CT molecular complexity index is 451. The summed E-state index contributed by atoms with van der Waals surface area (Å²) in [6, 6.07) is 4.94. The summed E-state index contributed by atoms with van der Waals surface area (Å²) < 4.78 is 5.17. The molecule has 0 heterocycles. The molecule has 1 aromatic carbocycles. The van der Waals surface area contributed by atoms with E-state index in [-0.39, 0.29) is 11.9 Å². The predicted octanol–water partition coefficient (Wildman–Crippen LogP) is 2.79. The van der Waals surface area contributed by atoms with Crippen LogP contribution in [0.3, 0.4) is 0 Å². The zero-order chi connectivity index (χ0) is 13.5. The first-order valence-electron chi connectivity index (χ1n) is 5.34. The van der Waals surface area contributed by atoms with E-state index in [9.17, 15) is 9.59 Å². The van der Waals surface area contributed by atoms with Crippen LogP contribution in [0.15, 0.2) is 22.7 Å². The average molecular weight is 335 g/mol. The molecule has 1 rings (SSSR count). The summed E-state index contributed by atoms with van der Waals surface area (Å²) in [4.78, 5) is 22.6. The number of hydrogen-bond donors (Lipinski definition) is 1. The minimum atomic E-state index is -0.279. The topological polar surface area (TPSA) is 55.4 Å². The molecule has 0 aromatic heterocycles. The lowest BCUT2D eigenvalue weighted by atomic mass is 10.2. The van der Waals surface area contributed by atoms with Gasteiger partial charge in [-0.2, -0.15) is 0 Å². The standard InChI is InChI=1S/C12H13BrClNO3/c1-18-11(16)3-2-6-15-12(17)8-4-5-10(14)9(13)7-8/h4-5,7H,2-3,6H2,1H3,(H,15,17). The second-order valence-corrected chi connectivity index (χ2v) is 4.83. The normalized spacial score (nSPS) is 9.94. The summed E-state index contributed by atoms with van der Waals surface area (Å²) in [5, 5.41) is 3.27. The maximum Gasteiger partial charge on any atom is 0.305 e. The van der Waals surface area contributed by atoms with Gasteiger partial charge in [0, 0.05) is 23.0 Å². The number of hydrogen-bond acceptors (Lipinski definition) is 3. The summed E-state index contributed by atoms with van der Waals surface area (Å²) >= 11 is 9.08. The molecule has 98 valence electrons. The van der Waals surface area contributed by atoms with Gasteiger partial charge in [0.2, 0.25) is 0 Å². The number of ether oxygens (including phenoxy) is 1. The van der Waals surface area contributed by atoms with E-state index < -0.39 is 0 Å². The van der Waals surface area contributed by atoms with Crippen LogP contribution < -0.4 is 5.32 Å². The molecule has 0 fully saturated rings. The largest absolute Gasteiger partial charge is 0.469 e. The minimum Gasteiger partial charge on any atom is -0.469 e. The number of methoxy groups -OCH3 is 1. The van der Waals surface area contributed by atoms with E-state index >= 15 is 0 Å². The Balaban J connectivity index is 2.41. The molecule has 0 unspecified atom stereocenters. The lowest BCUT2D eigenvalue weighted by molar-refractivity contribution is -0.140. The molecule has 0 bridgehead atoms. The summed E-state index contributed by atoms with van der Waals surface area (Å²) in [7, 11) is 1.34. The highest BCUT2D eigenvalue weighted by Crippen LogP contribution is 2.23. The SMILES string of the molecule is COC(=O)CCCNC(=O)c1ccc(Cl)c(Br)c1. The van der Waals surface area contributed by atoms with Gasteiger partial charge in [0.15, 0.2) is 0 Å². The Morgan fingerprint density at radius 2 is 2.17 bits per heavy atom. The van der Waals surface area contributed by atoms with Gasteiger partial charge in [0.1, 0.15) is 0 Å². The molecule has 0 radical (unpaired) electrons. The molecular weight excluding hydrogens is 321 g/mol. The Hall–Kier alpha value is -1.07. The number of carbonyl (C=O) groups excluding carboxylic acids is 2. The van der Waals surface area contributed by atoms with E-state index in [2.05, 4.69) is 26.0 Å². The molecular formula is C12H13BrClNO3. The molecule has 0 spiro atoms. The Morgan fingerprint density at radius 1 is 1.44 bits per heavy atom. The van der Waals surface area contributed by atoms with Crippen molar-refractivity contribution in [1.82, 2.24) is 5.32 Å². The summed E-state index contributed by atoms with van der Waals surface area (Å²) in [6.45, 7) is 0.425. The van der Waals surface area contributed by atoms with Crippen molar-refractivity contribution in [3.8, 4) is 0 Å². The van der Waals surface area contributed by atoms with Gasteiger partial charge in [0.25, 0.3) is 5.91 Å². The summed E-state index contributed by atoms with van der Waals surface area (Å²) in [6.07, 6.45) is 0.842. The Morgan fingerprint density at radius 3 is 2.78 bits per heavy atom. The van der Waals surface area contributed by atoms with Crippen LogP contribution in [0.25, 0.3) is 0 Å². The van der Waals surface area contributed by atoms with Crippen LogP contribution in [0.5, 0.6) is 0 Å². The van der Waals surface area contributed by atoms with Crippen LogP contribution in [0, 0.1) is 0 Å². The van der Waals surface area contributed by atoms with Crippen LogP contribution in [-0.2, 0) is 9.53 Å². The fourth-order valence-electron chi connectivity index (χ4n) is 1.28. The molecule has 1 amide bonds. The van der Waals surface area contributed by atoms with E-state index in [1.807, 2.05) is 0 Å². The Kier molecular flexibility index (Phi) is 6.15. The predicted molar refractivity (Wildman–Crippen MR) is 72.7 cm³/mol. The summed E-state index contributed by atoms with van der Waals surface area (Å²) in [5.41, 5.74) is 0.518. The van der Waals surface area contributed by atoms with E-state index in [0.29, 0.717) is 34.4 Å². The molecule has 1 aromatic rings.